The van der Waals surface area contributed by atoms with Crippen molar-refractivity contribution in [3.8, 4) is 0 Å². The van der Waals surface area contributed by atoms with Crippen LogP contribution in [0.15, 0.2) is 65.7 Å². The molecule has 0 aliphatic carbocycles. The first-order valence-corrected chi connectivity index (χ1v) is 8.52. The van der Waals surface area contributed by atoms with Gasteiger partial charge in [-0.1, -0.05) is 35.9 Å². The van der Waals surface area contributed by atoms with E-state index in [9.17, 15) is 13.2 Å². The van der Waals surface area contributed by atoms with Gasteiger partial charge in [-0.2, -0.15) is 0 Å². The molecule has 0 amide bonds. The molecule has 0 saturated heterocycles. The van der Waals surface area contributed by atoms with Crippen molar-refractivity contribution in [3.05, 3.63) is 71.9 Å². The summed E-state index contributed by atoms with van der Waals surface area (Å²) in [6.07, 6.45) is 5.17. The summed E-state index contributed by atoms with van der Waals surface area (Å²) < 4.78 is 27.1. The Labute approximate surface area is 134 Å². The maximum absolute atomic E-state index is 12.9. The van der Waals surface area contributed by atoms with E-state index in [0.717, 1.165) is 10.9 Å². The van der Waals surface area contributed by atoms with Crippen molar-refractivity contribution in [1.29, 1.82) is 0 Å². The van der Waals surface area contributed by atoms with Gasteiger partial charge in [-0.15, -0.1) is 0 Å². The van der Waals surface area contributed by atoms with Gasteiger partial charge in [0.05, 0.1) is 10.4 Å². The molecular weight excluding hydrogens is 310 g/mol. The summed E-state index contributed by atoms with van der Waals surface area (Å²) in [5.41, 5.74) is 2.26. The van der Waals surface area contributed by atoms with Gasteiger partial charge in [-0.05, 0) is 37.3 Å². The van der Waals surface area contributed by atoms with Crippen LogP contribution in [-0.2, 0) is 14.8 Å². The van der Waals surface area contributed by atoms with Crippen LogP contribution < -0.4 is 0 Å². The molecule has 1 heterocycles. The van der Waals surface area contributed by atoms with Gasteiger partial charge < -0.3 is 0 Å². The van der Waals surface area contributed by atoms with Crippen molar-refractivity contribution < 1.29 is 13.2 Å². The molecule has 0 bridgehead atoms. The molecule has 2 aromatic carbocycles. The second-order valence-corrected chi connectivity index (χ2v) is 7.03. The molecule has 1 aromatic heterocycles. The molecule has 0 aliphatic rings. The largest absolute Gasteiger partial charge is 0.299 e. The molecule has 0 saturated carbocycles. The van der Waals surface area contributed by atoms with Crippen molar-refractivity contribution >= 4 is 33.3 Å². The standard InChI is InChI=1S/C18H15NO3S/c1-14-8-10-16(11-9-14)23(21,22)19-13-15(5-4-12-20)17-6-2-3-7-18(17)19/h2-13H,1H3/b5-4+. The molecule has 116 valence electrons. The zero-order valence-electron chi connectivity index (χ0n) is 12.5. The number of aryl methyl sites for hydroxylation is 1. The summed E-state index contributed by atoms with van der Waals surface area (Å²) in [5, 5.41) is 0.779. The fraction of sp³-hybridized carbons (Fsp3) is 0.0556. The van der Waals surface area contributed by atoms with Crippen LogP contribution in [0.1, 0.15) is 11.1 Å². The third kappa shape index (κ3) is 2.71. The van der Waals surface area contributed by atoms with Gasteiger partial charge in [0.15, 0.2) is 0 Å². The second-order valence-electron chi connectivity index (χ2n) is 5.21. The predicted molar refractivity (Wildman–Crippen MR) is 90.8 cm³/mol. The highest BCUT2D eigenvalue weighted by Gasteiger charge is 2.20. The summed E-state index contributed by atoms with van der Waals surface area (Å²) in [6, 6.07) is 13.9. The zero-order chi connectivity index (χ0) is 16.4. The highest BCUT2D eigenvalue weighted by molar-refractivity contribution is 7.90. The number of fused-ring (bicyclic) bond motifs is 1. The summed E-state index contributed by atoms with van der Waals surface area (Å²) in [4.78, 5) is 10.8. The molecule has 0 spiro atoms. The quantitative estimate of drug-likeness (QED) is 0.546. The van der Waals surface area contributed by atoms with Gasteiger partial charge in [0.2, 0.25) is 0 Å². The highest BCUT2D eigenvalue weighted by Crippen LogP contribution is 2.26. The molecule has 0 atom stereocenters. The number of carbonyl (C=O) groups excluding carboxylic acids is 1. The average Bonchev–Trinajstić information content (AvgIpc) is 2.93. The fourth-order valence-corrected chi connectivity index (χ4v) is 3.85. The normalized spacial score (nSPS) is 12.0. The third-order valence-electron chi connectivity index (χ3n) is 3.64. The van der Waals surface area contributed by atoms with Gasteiger partial charge >= 0.3 is 0 Å². The van der Waals surface area contributed by atoms with E-state index in [-0.39, 0.29) is 4.90 Å². The Bertz CT molecular complexity index is 996. The molecular formula is C18H15NO3S. The van der Waals surface area contributed by atoms with E-state index in [1.54, 1.807) is 48.7 Å². The van der Waals surface area contributed by atoms with Crippen LogP contribution in [-0.4, -0.2) is 18.7 Å². The van der Waals surface area contributed by atoms with Crippen LogP contribution >= 0.6 is 0 Å². The number of hydrogen-bond acceptors (Lipinski definition) is 3. The van der Waals surface area contributed by atoms with Crippen LogP contribution in [0.5, 0.6) is 0 Å². The van der Waals surface area contributed by atoms with Gasteiger partial charge in [0.25, 0.3) is 10.0 Å². The zero-order valence-corrected chi connectivity index (χ0v) is 13.3. The Hall–Kier alpha value is -2.66. The lowest BCUT2D eigenvalue weighted by atomic mass is 10.2. The summed E-state index contributed by atoms with van der Waals surface area (Å²) >= 11 is 0. The lowest BCUT2D eigenvalue weighted by molar-refractivity contribution is -0.104. The first-order valence-electron chi connectivity index (χ1n) is 7.08. The summed E-state index contributed by atoms with van der Waals surface area (Å²) in [6.45, 7) is 1.91. The number of aromatic nitrogens is 1. The number of aldehydes is 1. The van der Waals surface area contributed by atoms with E-state index in [4.69, 9.17) is 0 Å². The molecule has 23 heavy (non-hydrogen) atoms. The molecule has 0 fully saturated rings. The SMILES string of the molecule is Cc1ccc(S(=O)(=O)n2cc(/C=C/C=O)c3ccccc32)cc1. The van der Waals surface area contributed by atoms with Crippen molar-refractivity contribution in [2.24, 2.45) is 0 Å². The van der Waals surface area contributed by atoms with Crippen LogP contribution in [0.4, 0.5) is 0 Å². The van der Waals surface area contributed by atoms with Gasteiger partial charge in [-0.3, -0.25) is 4.79 Å². The van der Waals surface area contributed by atoms with Crippen LogP contribution in [0, 0.1) is 6.92 Å². The maximum atomic E-state index is 12.9. The van der Waals surface area contributed by atoms with E-state index in [1.165, 1.54) is 10.0 Å². The molecule has 0 aliphatic heterocycles. The minimum Gasteiger partial charge on any atom is -0.299 e. The van der Waals surface area contributed by atoms with E-state index in [1.807, 2.05) is 19.1 Å². The van der Waals surface area contributed by atoms with Crippen molar-refractivity contribution in [2.45, 2.75) is 11.8 Å². The fourth-order valence-electron chi connectivity index (χ4n) is 2.47. The lowest BCUT2D eigenvalue weighted by Crippen LogP contribution is -2.11. The third-order valence-corrected chi connectivity index (χ3v) is 5.33. The van der Waals surface area contributed by atoms with Gasteiger partial charge in [0.1, 0.15) is 6.29 Å². The van der Waals surface area contributed by atoms with Crippen LogP contribution in [0.2, 0.25) is 0 Å². The topological polar surface area (TPSA) is 56.1 Å². The molecule has 0 N–H and O–H groups in total. The number of carbonyl (C=O) groups is 1. The molecule has 0 radical (unpaired) electrons. The number of benzene rings is 2. The minimum atomic E-state index is -3.69. The van der Waals surface area contributed by atoms with Gasteiger partial charge in [0, 0.05) is 17.1 Å². The van der Waals surface area contributed by atoms with Crippen LogP contribution in [0.3, 0.4) is 0 Å². The lowest BCUT2D eigenvalue weighted by Gasteiger charge is -2.07. The van der Waals surface area contributed by atoms with Crippen molar-refractivity contribution in [2.75, 3.05) is 0 Å². The number of para-hydroxylation sites is 1. The van der Waals surface area contributed by atoms with Gasteiger partial charge in [-0.25, -0.2) is 12.4 Å². The predicted octanol–water partition coefficient (Wildman–Crippen LogP) is 3.40. The second kappa shape index (κ2) is 5.85. The van der Waals surface area contributed by atoms with E-state index < -0.39 is 10.0 Å². The van der Waals surface area contributed by atoms with E-state index >= 15 is 0 Å². The molecule has 3 rings (SSSR count). The molecule has 4 nitrogen and oxygen atoms in total. The minimum absolute atomic E-state index is 0.231. The first kappa shape index (κ1) is 15.2. The van der Waals surface area contributed by atoms with E-state index in [0.29, 0.717) is 17.4 Å². The molecule has 0 unspecified atom stereocenters. The Morgan fingerprint density at radius 1 is 1.00 bits per heavy atom. The number of allylic oxidation sites excluding steroid dienone is 1. The van der Waals surface area contributed by atoms with Crippen LogP contribution in [0.25, 0.3) is 17.0 Å². The highest BCUT2D eigenvalue weighted by atomic mass is 32.2. The molecule has 3 aromatic rings. The number of nitrogens with zero attached hydrogens (tertiary/aromatic N) is 1. The Morgan fingerprint density at radius 3 is 2.39 bits per heavy atom. The summed E-state index contributed by atoms with van der Waals surface area (Å²) in [7, 11) is -3.69. The Morgan fingerprint density at radius 2 is 1.70 bits per heavy atom. The number of hydrogen-bond donors (Lipinski definition) is 0. The van der Waals surface area contributed by atoms with Crippen molar-refractivity contribution in [3.63, 3.8) is 0 Å². The van der Waals surface area contributed by atoms with E-state index in [2.05, 4.69) is 0 Å². The monoisotopic (exact) mass is 325 g/mol. The average molecular weight is 325 g/mol. The Kier molecular flexibility index (Phi) is 3.88. The smallest absolute Gasteiger partial charge is 0.268 e. The maximum Gasteiger partial charge on any atom is 0.268 e. The number of rotatable bonds is 4. The van der Waals surface area contributed by atoms with Crippen molar-refractivity contribution in [1.82, 2.24) is 3.97 Å². The molecule has 5 heteroatoms. The Balaban J connectivity index is 2.25. The summed E-state index contributed by atoms with van der Waals surface area (Å²) in [5.74, 6) is 0. The first-order chi connectivity index (χ1) is 11.0.